The van der Waals surface area contributed by atoms with Crippen molar-refractivity contribution >= 4 is 78.1 Å². The maximum atomic E-state index is 13.0. The van der Waals surface area contributed by atoms with E-state index in [2.05, 4.69) is 31.9 Å². The average Bonchev–Trinajstić information content (AvgIpc) is 3.09. The van der Waals surface area contributed by atoms with Crippen molar-refractivity contribution < 1.29 is 23.8 Å². The van der Waals surface area contributed by atoms with E-state index >= 15 is 0 Å². The second-order valence-corrected chi connectivity index (χ2v) is 11.3. The molecule has 0 N–H and O–H groups in total. The second-order valence-electron chi connectivity index (χ2n) is 7.84. The Bertz CT molecular complexity index is 1160. The fourth-order valence-electron chi connectivity index (χ4n) is 3.37. The molecular formula is C26H27Br2NO5S2. The highest BCUT2D eigenvalue weighted by Crippen LogP contribution is 2.40. The number of hydrogen-bond acceptors (Lipinski definition) is 7. The number of amides is 1. The molecule has 0 aliphatic carbocycles. The summed E-state index contributed by atoms with van der Waals surface area (Å²) >= 11 is 13.7. The highest BCUT2D eigenvalue weighted by Gasteiger charge is 2.31. The van der Waals surface area contributed by atoms with Crippen LogP contribution in [0.4, 0.5) is 0 Å². The third-order valence-electron chi connectivity index (χ3n) is 5.01. The van der Waals surface area contributed by atoms with Crippen LogP contribution in [0.15, 0.2) is 50.2 Å². The minimum atomic E-state index is -0.256. The van der Waals surface area contributed by atoms with Crippen molar-refractivity contribution in [3.05, 3.63) is 61.4 Å². The van der Waals surface area contributed by atoms with E-state index in [-0.39, 0.29) is 18.3 Å². The Labute approximate surface area is 238 Å². The van der Waals surface area contributed by atoms with E-state index in [9.17, 15) is 9.59 Å². The third kappa shape index (κ3) is 8.06. The molecule has 0 unspecified atom stereocenters. The summed E-state index contributed by atoms with van der Waals surface area (Å²) in [5.74, 6) is 0.745. The molecule has 0 spiro atoms. The Morgan fingerprint density at radius 2 is 1.97 bits per heavy atom. The van der Waals surface area contributed by atoms with E-state index in [0.29, 0.717) is 53.5 Å². The van der Waals surface area contributed by atoms with Crippen molar-refractivity contribution in [3.8, 4) is 11.5 Å². The molecule has 192 valence electrons. The lowest BCUT2D eigenvalue weighted by atomic mass is 10.1. The van der Waals surface area contributed by atoms with Crippen LogP contribution in [-0.2, 0) is 20.9 Å². The lowest BCUT2D eigenvalue weighted by molar-refractivity contribution is -0.144. The van der Waals surface area contributed by atoms with Gasteiger partial charge in [-0.1, -0.05) is 59.0 Å². The number of esters is 1. The number of carbonyl (C=O) groups excluding carboxylic acids is 2. The van der Waals surface area contributed by atoms with Gasteiger partial charge in [0.2, 0.25) is 0 Å². The minimum Gasteiger partial charge on any atom is -0.490 e. The van der Waals surface area contributed by atoms with Crippen LogP contribution < -0.4 is 9.47 Å². The van der Waals surface area contributed by atoms with Crippen LogP contribution in [0.25, 0.3) is 6.08 Å². The summed E-state index contributed by atoms with van der Waals surface area (Å²) in [6.07, 6.45) is 3.32. The lowest BCUT2D eigenvalue weighted by Crippen LogP contribution is -2.29. The Kier molecular flexibility index (Phi) is 11.3. The van der Waals surface area contributed by atoms with Gasteiger partial charge >= 0.3 is 5.97 Å². The monoisotopic (exact) mass is 655 g/mol. The van der Waals surface area contributed by atoms with Gasteiger partial charge in [-0.2, -0.15) is 0 Å². The van der Waals surface area contributed by atoms with Gasteiger partial charge in [-0.15, -0.1) is 0 Å². The maximum Gasteiger partial charge on any atom is 0.305 e. The highest BCUT2D eigenvalue weighted by molar-refractivity contribution is 9.10. The first-order chi connectivity index (χ1) is 17.3. The fraction of sp³-hybridized carbons (Fsp3) is 0.346. The number of thiocarbonyl (C=S) groups is 1. The van der Waals surface area contributed by atoms with Gasteiger partial charge in [-0.25, -0.2) is 0 Å². The predicted octanol–water partition coefficient (Wildman–Crippen LogP) is 7.12. The van der Waals surface area contributed by atoms with E-state index in [0.717, 1.165) is 26.5 Å². The van der Waals surface area contributed by atoms with Crippen molar-refractivity contribution in [1.29, 1.82) is 0 Å². The largest absolute Gasteiger partial charge is 0.490 e. The summed E-state index contributed by atoms with van der Waals surface area (Å²) in [7, 11) is 0. The number of ether oxygens (including phenoxy) is 3. The van der Waals surface area contributed by atoms with E-state index in [1.807, 2.05) is 50.2 Å². The molecule has 0 radical (unpaired) electrons. The molecule has 1 aliphatic rings. The quantitative estimate of drug-likeness (QED) is 0.137. The highest BCUT2D eigenvalue weighted by atomic mass is 79.9. The molecule has 10 heteroatoms. The van der Waals surface area contributed by atoms with Crippen molar-refractivity contribution in [1.82, 2.24) is 4.90 Å². The first-order valence-electron chi connectivity index (χ1n) is 11.6. The third-order valence-corrected chi connectivity index (χ3v) is 7.47. The SMILES string of the molecule is CCCOC(=O)CCCN1C(=O)/C(=C\c2cc(Br)c(OCc3cccc(Br)c3)c(OCC)c2)SC1=S. The molecule has 0 aromatic heterocycles. The maximum absolute atomic E-state index is 13.0. The van der Waals surface area contributed by atoms with Gasteiger partial charge < -0.3 is 14.2 Å². The molecule has 1 heterocycles. The number of carbonyl (C=O) groups is 2. The molecule has 0 saturated carbocycles. The van der Waals surface area contributed by atoms with Crippen molar-refractivity contribution in [3.63, 3.8) is 0 Å². The molecule has 1 amide bonds. The van der Waals surface area contributed by atoms with E-state index in [1.54, 1.807) is 6.08 Å². The van der Waals surface area contributed by atoms with Crippen LogP contribution in [0, 0.1) is 0 Å². The van der Waals surface area contributed by atoms with Gasteiger partial charge in [0.15, 0.2) is 11.5 Å². The zero-order chi connectivity index (χ0) is 26.1. The second kappa shape index (κ2) is 14.2. The summed E-state index contributed by atoms with van der Waals surface area (Å²) < 4.78 is 19.2. The fourth-order valence-corrected chi connectivity index (χ4v) is 5.70. The smallest absolute Gasteiger partial charge is 0.305 e. The van der Waals surface area contributed by atoms with E-state index < -0.39 is 0 Å². The van der Waals surface area contributed by atoms with Crippen LogP contribution in [0.1, 0.15) is 44.2 Å². The standard InChI is InChI=1S/C26H27Br2NO5S2/c1-3-11-33-23(30)9-6-10-29-25(31)22(36-26(29)35)15-18-13-20(28)24(21(14-18)32-4-2)34-16-17-7-5-8-19(27)12-17/h5,7-8,12-15H,3-4,6,9-11,16H2,1-2H3/b22-15+. The summed E-state index contributed by atoms with van der Waals surface area (Å²) in [5.41, 5.74) is 1.80. The van der Waals surface area contributed by atoms with Crippen molar-refractivity contribution in [2.75, 3.05) is 19.8 Å². The molecule has 6 nitrogen and oxygen atoms in total. The molecule has 1 saturated heterocycles. The molecule has 0 atom stereocenters. The Morgan fingerprint density at radius 3 is 2.69 bits per heavy atom. The number of thioether (sulfide) groups is 1. The van der Waals surface area contributed by atoms with E-state index in [1.165, 1.54) is 16.7 Å². The molecular weight excluding hydrogens is 630 g/mol. The minimum absolute atomic E-state index is 0.170. The van der Waals surface area contributed by atoms with Crippen molar-refractivity contribution in [2.45, 2.75) is 39.7 Å². The zero-order valence-corrected chi connectivity index (χ0v) is 24.9. The van der Waals surface area contributed by atoms with Gasteiger partial charge in [-0.05, 0) is 77.2 Å². The molecule has 0 bridgehead atoms. The summed E-state index contributed by atoms with van der Waals surface area (Å²) in [4.78, 5) is 26.8. The molecule has 3 rings (SSSR count). The van der Waals surface area contributed by atoms with Crippen LogP contribution in [0.5, 0.6) is 11.5 Å². The number of hydrogen-bond donors (Lipinski definition) is 0. The Morgan fingerprint density at radius 1 is 1.17 bits per heavy atom. The Balaban J connectivity index is 1.71. The number of halogens is 2. The van der Waals surface area contributed by atoms with Crippen molar-refractivity contribution in [2.24, 2.45) is 0 Å². The van der Waals surface area contributed by atoms with Gasteiger partial charge in [-0.3, -0.25) is 14.5 Å². The average molecular weight is 657 g/mol. The summed E-state index contributed by atoms with van der Waals surface area (Å²) in [6, 6.07) is 11.6. The number of benzene rings is 2. The predicted molar refractivity (Wildman–Crippen MR) is 154 cm³/mol. The van der Waals surface area contributed by atoms with Gasteiger partial charge in [0.1, 0.15) is 10.9 Å². The van der Waals surface area contributed by atoms with Crippen LogP contribution in [0.3, 0.4) is 0 Å². The summed E-state index contributed by atoms with van der Waals surface area (Å²) in [5, 5.41) is 0. The molecule has 2 aromatic rings. The van der Waals surface area contributed by atoms with E-state index in [4.69, 9.17) is 26.4 Å². The first-order valence-corrected chi connectivity index (χ1v) is 14.4. The zero-order valence-electron chi connectivity index (χ0n) is 20.1. The van der Waals surface area contributed by atoms with Crippen LogP contribution >= 0.6 is 55.8 Å². The summed E-state index contributed by atoms with van der Waals surface area (Å²) in [6.45, 7) is 5.48. The van der Waals surface area contributed by atoms with Gasteiger partial charge in [0.25, 0.3) is 5.91 Å². The van der Waals surface area contributed by atoms with Crippen LogP contribution in [-0.4, -0.2) is 40.9 Å². The molecule has 36 heavy (non-hydrogen) atoms. The Hall–Kier alpha value is -1.88. The normalized spacial score (nSPS) is 14.4. The number of nitrogens with zero attached hydrogens (tertiary/aromatic N) is 1. The molecule has 1 fully saturated rings. The van der Waals surface area contributed by atoms with Crippen LogP contribution in [0.2, 0.25) is 0 Å². The van der Waals surface area contributed by atoms with Gasteiger partial charge in [0.05, 0.1) is 22.6 Å². The first kappa shape index (κ1) is 28.7. The topological polar surface area (TPSA) is 65.1 Å². The molecule has 1 aliphatic heterocycles. The lowest BCUT2D eigenvalue weighted by Gasteiger charge is -2.15. The number of rotatable bonds is 12. The van der Waals surface area contributed by atoms with Gasteiger partial charge in [0, 0.05) is 17.4 Å². The molecule has 2 aromatic carbocycles.